The summed E-state index contributed by atoms with van der Waals surface area (Å²) in [4.78, 5) is 12.0. The molecule has 0 aromatic rings. The highest BCUT2D eigenvalue weighted by molar-refractivity contribution is 6.19. The van der Waals surface area contributed by atoms with Gasteiger partial charge in [0.15, 0.2) is 0 Å². The maximum absolute atomic E-state index is 12.0. The number of carbonyl (C=O) groups is 1. The van der Waals surface area contributed by atoms with Gasteiger partial charge in [-0.1, -0.05) is 13.8 Å². The van der Waals surface area contributed by atoms with Gasteiger partial charge in [0, 0.05) is 11.9 Å². The molecule has 1 amide bonds. The van der Waals surface area contributed by atoms with E-state index >= 15 is 0 Å². The van der Waals surface area contributed by atoms with E-state index in [1.807, 2.05) is 13.8 Å². The van der Waals surface area contributed by atoms with E-state index in [-0.39, 0.29) is 5.91 Å². The summed E-state index contributed by atoms with van der Waals surface area (Å²) in [7, 11) is 0. The van der Waals surface area contributed by atoms with E-state index in [0.29, 0.717) is 17.8 Å². The van der Waals surface area contributed by atoms with Gasteiger partial charge < -0.3 is 5.32 Å². The van der Waals surface area contributed by atoms with Crippen molar-refractivity contribution >= 4 is 17.5 Å². The Labute approximate surface area is 104 Å². The Morgan fingerprint density at radius 3 is 2.44 bits per heavy atom. The summed E-state index contributed by atoms with van der Waals surface area (Å²) >= 11 is 5.80. The van der Waals surface area contributed by atoms with Gasteiger partial charge in [-0.25, -0.2) is 0 Å². The molecule has 2 nitrogen and oxygen atoms in total. The van der Waals surface area contributed by atoms with Gasteiger partial charge in [0.2, 0.25) is 5.91 Å². The molecular weight excluding hydrogens is 222 g/mol. The Morgan fingerprint density at radius 1 is 1.31 bits per heavy atom. The number of hydrogen-bond donors (Lipinski definition) is 1. The van der Waals surface area contributed by atoms with Crippen molar-refractivity contribution in [2.75, 3.05) is 5.88 Å². The summed E-state index contributed by atoms with van der Waals surface area (Å²) < 4.78 is 0. The molecule has 0 aliphatic heterocycles. The van der Waals surface area contributed by atoms with Crippen LogP contribution in [0.15, 0.2) is 0 Å². The van der Waals surface area contributed by atoms with Crippen LogP contribution in [0.3, 0.4) is 0 Å². The quantitative estimate of drug-likeness (QED) is 0.761. The molecular formula is C13H24ClNO. The van der Waals surface area contributed by atoms with Crippen LogP contribution in [0.2, 0.25) is 0 Å². The minimum atomic E-state index is -0.451. The maximum Gasteiger partial charge on any atom is 0.227 e. The minimum absolute atomic E-state index is 0.0919. The average Bonchev–Trinajstić information content (AvgIpc) is 2.23. The minimum Gasteiger partial charge on any atom is -0.353 e. The molecule has 0 saturated heterocycles. The summed E-state index contributed by atoms with van der Waals surface area (Å²) in [6.07, 6.45) is 3.42. The number of nitrogens with one attached hydrogen (secondary N) is 1. The van der Waals surface area contributed by atoms with Crippen LogP contribution in [0.5, 0.6) is 0 Å². The third-order valence-electron chi connectivity index (χ3n) is 3.88. The van der Waals surface area contributed by atoms with Gasteiger partial charge in [0.25, 0.3) is 0 Å². The summed E-state index contributed by atoms with van der Waals surface area (Å²) in [5.74, 6) is 1.96. The molecule has 1 aliphatic carbocycles. The zero-order chi connectivity index (χ0) is 12.3. The first-order valence-corrected chi connectivity index (χ1v) is 6.77. The fourth-order valence-electron chi connectivity index (χ4n) is 2.12. The predicted octanol–water partition coefficient (Wildman–Crippen LogP) is 3.19. The number of carbonyl (C=O) groups excluding carboxylic acids is 1. The van der Waals surface area contributed by atoms with Crippen LogP contribution < -0.4 is 5.32 Å². The average molecular weight is 246 g/mol. The highest BCUT2D eigenvalue weighted by Gasteiger charge is 2.31. The van der Waals surface area contributed by atoms with Gasteiger partial charge in [0.05, 0.1) is 5.41 Å². The molecule has 0 aromatic carbocycles. The van der Waals surface area contributed by atoms with Gasteiger partial charge in [-0.05, 0) is 44.9 Å². The van der Waals surface area contributed by atoms with E-state index in [0.717, 1.165) is 18.8 Å². The molecule has 1 saturated carbocycles. The maximum atomic E-state index is 12.0. The Morgan fingerprint density at radius 2 is 1.94 bits per heavy atom. The van der Waals surface area contributed by atoms with Crippen molar-refractivity contribution < 1.29 is 4.79 Å². The van der Waals surface area contributed by atoms with Gasteiger partial charge in [0.1, 0.15) is 0 Å². The van der Waals surface area contributed by atoms with E-state index < -0.39 is 5.41 Å². The second-order valence-corrected chi connectivity index (χ2v) is 6.22. The summed E-state index contributed by atoms with van der Waals surface area (Å²) in [6.45, 7) is 8.36. The first-order chi connectivity index (χ1) is 7.36. The molecule has 1 rings (SSSR count). The molecule has 1 N–H and O–H groups in total. The van der Waals surface area contributed by atoms with Crippen molar-refractivity contribution in [1.82, 2.24) is 5.32 Å². The number of amides is 1. The van der Waals surface area contributed by atoms with E-state index in [1.54, 1.807) is 0 Å². The van der Waals surface area contributed by atoms with Crippen LogP contribution in [-0.4, -0.2) is 17.8 Å². The Bertz CT molecular complexity index is 252. The highest BCUT2D eigenvalue weighted by atomic mass is 35.5. The molecule has 3 unspecified atom stereocenters. The first kappa shape index (κ1) is 13.8. The van der Waals surface area contributed by atoms with Crippen LogP contribution in [0.4, 0.5) is 0 Å². The molecule has 3 atom stereocenters. The molecule has 0 bridgehead atoms. The lowest BCUT2D eigenvalue weighted by molar-refractivity contribution is -0.129. The normalized spacial score (nSPS) is 31.2. The number of alkyl halides is 1. The number of rotatable bonds is 3. The zero-order valence-electron chi connectivity index (χ0n) is 10.8. The monoisotopic (exact) mass is 245 g/mol. The van der Waals surface area contributed by atoms with E-state index in [2.05, 4.69) is 19.2 Å². The largest absolute Gasteiger partial charge is 0.353 e. The first-order valence-electron chi connectivity index (χ1n) is 6.23. The van der Waals surface area contributed by atoms with Gasteiger partial charge >= 0.3 is 0 Å². The fourth-order valence-corrected chi connectivity index (χ4v) is 2.24. The number of halogens is 1. The molecule has 0 spiro atoms. The van der Waals surface area contributed by atoms with Crippen molar-refractivity contribution in [3.05, 3.63) is 0 Å². The van der Waals surface area contributed by atoms with Crippen LogP contribution >= 0.6 is 11.6 Å². The van der Waals surface area contributed by atoms with Crippen molar-refractivity contribution in [2.24, 2.45) is 17.3 Å². The lowest BCUT2D eigenvalue weighted by Crippen LogP contribution is -2.46. The second kappa shape index (κ2) is 5.39. The summed E-state index contributed by atoms with van der Waals surface area (Å²) in [5, 5.41) is 3.14. The van der Waals surface area contributed by atoms with Crippen LogP contribution in [0, 0.1) is 17.3 Å². The third-order valence-corrected chi connectivity index (χ3v) is 4.55. The summed E-state index contributed by atoms with van der Waals surface area (Å²) in [5.41, 5.74) is -0.451. The Hall–Kier alpha value is -0.240. The lowest BCUT2D eigenvalue weighted by Gasteiger charge is -2.34. The summed E-state index contributed by atoms with van der Waals surface area (Å²) in [6, 6.07) is 0.348. The fraction of sp³-hybridized carbons (Fsp3) is 0.923. The van der Waals surface area contributed by atoms with Crippen molar-refractivity contribution in [1.29, 1.82) is 0 Å². The topological polar surface area (TPSA) is 29.1 Å². The van der Waals surface area contributed by atoms with Crippen LogP contribution in [-0.2, 0) is 4.79 Å². The van der Waals surface area contributed by atoms with Gasteiger partial charge in [-0.2, -0.15) is 0 Å². The smallest absolute Gasteiger partial charge is 0.227 e. The van der Waals surface area contributed by atoms with Crippen LogP contribution in [0.25, 0.3) is 0 Å². The van der Waals surface area contributed by atoms with E-state index in [1.165, 1.54) is 6.42 Å². The molecule has 16 heavy (non-hydrogen) atoms. The molecule has 0 heterocycles. The lowest BCUT2D eigenvalue weighted by atomic mass is 9.79. The molecule has 1 fully saturated rings. The van der Waals surface area contributed by atoms with E-state index in [4.69, 9.17) is 11.6 Å². The molecule has 1 aliphatic rings. The third kappa shape index (κ3) is 3.38. The SMILES string of the molecule is CC1CCC(NC(=O)C(C)(C)CCl)CC1C. The van der Waals surface area contributed by atoms with Crippen molar-refractivity contribution in [3.8, 4) is 0 Å². The van der Waals surface area contributed by atoms with Crippen LogP contribution in [0.1, 0.15) is 47.0 Å². The molecule has 94 valence electrons. The Balaban J connectivity index is 2.47. The molecule has 3 heteroatoms. The zero-order valence-corrected chi connectivity index (χ0v) is 11.6. The molecule has 0 radical (unpaired) electrons. The number of hydrogen-bond acceptors (Lipinski definition) is 1. The van der Waals surface area contributed by atoms with Gasteiger partial charge in [-0.15, -0.1) is 11.6 Å². The Kier molecular flexibility index (Phi) is 4.66. The van der Waals surface area contributed by atoms with Crippen molar-refractivity contribution in [2.45, 2.75) is 53.0 Å². The van der Waals surface area contributed by atoms with E-state index in [9.17, 15) is 4.79 Å². The highest BCUT2D eigenvalue weighted by Crippen LogP contribution is 2.30. The van der Waals surface area contributed by atoms with Gasteiger partial charge in [-0.3, -0.25) is 4.79 Å². The molecule has 0 aromatic heterocycles. The predicted molar refractivity (Wildman–Crippen MR) is 68.6 cm³/mol. The van der Waals surface area contributed by atoms with Crippen molar-refractivity contribution in [3.63, 3.8) is 0 Å². The standard InChI is InChI=1S/C13H24ClNO/c1-9-5-6-11(7-10(9)2)15-12(16)13(3,4)8-14/h9-11H,5-8H2,1-4H3,(H,15,16). The second-order valence-electron chi connectivity index (χ2n) is 5.96.